The summed E-state index contributed by atoms with van der Waals surface area (Å²) in [6.07, 6.45) is 0.811. The Morgan fingerprint density at radius 2 is 1.55 bits per heavy atom. The number of β-amino-alcohol motifs (C(OH)–C–C–N with tert-alkyl or cyclic N) is 1. The lowest BCUT2D eigenvalue weighted by molar-refractivity contribution is 0.00578. The van der Waals surface area contributed by atoms with Crippen molar-refractivity contribution in [1.82, 2.24) is 0 Å². The van der Waals surface area contributed by atoms with Gasteiger partial charge in [-0.15, -0.1) is 0 Å². The molecule has 2 aliphatic rings. The van der Waals surface area contributed by atoms with Crippen LogP contribution in [0.5, 0.6) is 0 Å². The molecule has 0 amide bonds. The molecular formula is C17H26BNO3. The third-order valence-corrected chi connectivity index (χ3v) is 5.24. The first-order valence-corrected chi connectivity index (χ1v) is 8.03. The van der Waals surface area contributed by atoms with Crippen molar-refractivity contribution in [3.05, 3.63) is 24.3 Å². The number of aliphatic hydroxyl groups is 1. The molecule has 2 aliphatic heterocycles. The molecule has 3 rings (SSSR count). The Morgan fingerprint density at radius 3 is 2.00 bits per heavy atom. The molecule has 0 aromatic heterocycles. The van der Waals surface area contributed by atoms with Gasteiger partial charge >= 0.3 is 7.12 Å². The molecule has 2 heterocycles. The van der Waals surface area contributed by atoms with Gasteiger partial charge in [0.25, 0.3) is 0 Å². The van der Waals surface area contributed by atoms with Gasteiger partial charge in [0.1, 0.15) is 0 Å². The molecule has 0 spiro atoms. The summed E-state index contributed by atoms with van der Waals surface area (Å²) in [6.45, 7) is 11.7. The zero-order valence-electron chi connectivity index (χ0n) is 14.2. The van der Waals surface area contributed by atoms with E-state index >= 15 is 0 Å². The third kappa shape index (κ3) is 2.77. The van der Waals surface area contributed by atoms with Crippen LogP contribution in [0.3, 0.4) is 0 Å². The van der Waals surface area contributed by atoms with Gasteiger partial charge in [-0.25, -0.2) is 0 Å². The van der Waals surface area contributed by atoms with E-state index in [0.29, 0.717) is 6.54 Å². The fourth-order valence-corrected chi connectivity index (χ4v) is 2.99. The number of hydrogen-bond acceptors (Lipinski definition) is 4. The summed E-state index contributed by atoms with van der Waals surface area (Å²) in [5.74, 6) is 0. The van der Waals surface area contributed by atoms with Crippen LogP contribution in [0, 0.1) is 0 Å². The van der Waals surface area contributed by atoms with Gasteiger partial charge in [0.2, 0.25) is 0 Å². The predicted molar refractivity (Wildman–Crippen MR) is 89.6 cm³/mol. The Balaban J connectivity index is 1.73. The highest BCUT2D eigenvalue weighted by atomic mass is 16.7. The van der Waals surface area contributed by atoms with Gasteiger partial charge in [0.15, 0.2) is 0 Å². The summed E-state index contributed by atoms with van der Waals surface area (Å²) in [5, 5.41) is 10.1. The van der Waals surface area contributed by atoms with Crippen LogP contribution in [0.1, 0.15) is 41.0 Å². The normalized spacial score (nSPS) is 30.1. The number of hydrogen-bond donors (Lipinski definition) is 1. The van der Waals surface area contributed by atoms with Crippen molar-refractivity contribution in [3.8, 4) is 0 Å². The monoisotopic (exact) mass is 303 g/mol. The predicted octanol–water partition coefficient (Wildman–Crippen LogP) is 1.95. The number of benzene rings is 1. The van der Waals surface area contributed by atoms with Gasteiger partial charge in [-0.2, -0.15) is 0 Å². The molecular weight excluding hydrogens is 277 g/mol. The summed E-state index contributed by atoms with van der Waals surface area (Å²) in [5.41, 5.74) is 0.963. The molecule has 2 saturated heterocycles. The second-order valence-electron chi connectivity index (χ2n) is 7.85. The molecule has 22 heavy (non-hydrogen) atoms. The number of anilines is 1. The fraction of sp³-hybridized carbons (Fsp3) is 0.647. The second-order valence-corrected chi connectivity index (χ2v) is 7.85. The molecule has 1 atom stereocenters. The first-order chi connectivity index (χ1) is 10.1. The van der Waals surface area contributed by atoms with Crippen LogP contribution in [0.15, 0.2) is 24.3 Å². The highest BCUT2D eigenvalue weighted by molar-refractivity contribution is 6.62. The van der Waals surface area contributed by atoms with Gasteiger partial charge in [0, 0.05) is 18.8 Å². The molecule has 1 N–H and O–H groups in total. The lowest BCUT2D eigenvalue weighted by Crippen LogP contribution is -2.41. The summed E-state index contributed by atoms with van der Waals surface area (Å²) in [6, 6.07) is 8.29. The Bertz CT molecular complexity index is 538. The maximum Gasteiger partial charge on any atom is 0.494 e. The summed E-state index contributed by atoms with van der Waals surface area (Å²) in [7, 11) is -0.319. The first-order valence-electron chi connectivity index (χ1n) is 8.03. The first kappa shape index (κ1) is 15.8. The molecule has 0 aliphatic carbocycles. The van der Waals surface area contributed by atoms with Crippen LogP contribution in [-0.2, 0) is 9.31 Å². The number of nitrogens with zero attached hydrogens (tertiary/aromatic N) is 1. The summed E-state index contributed by atoms with van der Waals surface area (Å²) in [4.78, 5) is 2.22. The zero-order valence-corrected chi connectivity index (χ0v) is 14.2. The SMILES string of the molecule is CC1(O)CCN(c2ccc(B3OC(C)(C)C(C)(C)O3)cc2)C1. The van der Waals surface area contributed by atoms with Crippen molar-refractivity contribution < 1.29 is 14.4 Å². The quantitative estimate of drug-likeness (QED) is 0.848. The zero-order chi connectivity index (χ0) is 16.2. The van der Waals surface area contributed by atoms with Crippen LogP contribution in [0.25, 0.3) is 0 Å². The minimum atomic E-state index is -0.579. The van der Waals surface area contributed by atoms with E-state index in [9.17, 15) is 5.11 Å². The van der Waals surface area contributed by atoms with Gasteiger partial charge in [-0.3, -0.25) is 0 Å². The molecule has 1 unspecified atom stereocenters. The maximum atomic E-state index is 10.1. The minimum absolute atomic E-state index is 0.315. The van der Waals surface area contributed by atoms with E-state index in [0.717, 1.165) is 24.1 Å². The molecule has 4 nitrogen and oxygen atoms in total. The van der Waals surface area contributed by atoms with E-state index in [1.165, 1.54) is 0 Å². The van der Waals surface area contributed by atoms with Crippen molar-refractivity contribution in [3.63, 3.8) is 0 Å². The lowest BCUT2D eigenvalue weighted by Gasteiger charge is -2.32. The van der Waals surface area contributed by atoms with Crippen molar-refractivity contribution in [2.24, 2.45) is 0 Å². The molecule has 1 aromatic carbocycles. The second kappa shape index (κ2) is 4.98. The topological polar surface area (TPSA) is 41.9 Å². The van der Waals surface area contributed by atoms with E-state index in [-0.39, 0.29) is 18.3 Å². The van der Waals surface area contributed by atoms with Crippen molar-refractivity contribution in [2.75, 3.05) is 18.0 Å². The van der Waals surface area contributed by atoms with Crippen LogP contribution in [0.4, 0.5) is 5.69 Å². The summed E-state index contributed by atoms with van der Waals surface area (Å²) >= 11 is 0. The largest absolute Gasteiger partial charge is 0.494 e. The van der Waals surface area contributed by atoms with Crippen molar-refractivity contribution in [2.45, 2.75) is 57.8 Å². The van der Waals surface area contributed by atoms with Crippen molar-refractivity contribution in [1.29, 1.82) is 0 Å². The molecule has 5 heteroatoms. The van der Waals surface area contributed by atoms with E-state index < -0.39 is 5.60 Å². The summed E-state index contributed by atoms with van der Waals surface area (Å²) < 4.78 is 12.1. The molecule has 120 valence electrons. The Kier molecular flexibility index (Phi) is 3.59. The van der Waals surface area contributed by atoms with E-state index in [1.54, 1.807) is 0 Å². The average Bonchev–Trinajstić information content (AvgIpc) is 2.87. The van der Waals surface area contributed by atoms with E-state index in [4.69, 9.17) is 9.31 Å². The highest BCUT2D eigenvalue weighted by Gasteiger charge is 2.51. The molecule has 1 aromatic rings. The molecule has 2 fully saturated rings. The highest BCUT2D eigenvalue weighted by Crippen LogP contribution is 2.36. The van der Waals surface area contributed by atoms with Gasteiger partial charge in [-0.05, 0) is 58.6 Å². The van der Waals surface area contributed by atoms with Crippen LogP contribution in [0.2, 0.25) is 0 Å². The fourth-order valence-electron chi connectivity index (χ4n) is 2.99. The average molecular weight is 303 g/mol. The van der Waals surface area contributed by atoms with E-state index in [2.05, 4.69) is 56.9 Å². The minimum Gasteiger partial charge on any atom is -0.399 e. The van der Waals surface area contributed by atoms with Gasteiger partial charge in [0.05, 0.1) is 16.8 Å². The standard InChI is InChI=1S/C17H26BNO3/c1-15(2)16(3,4)22-18(21-15)13-6-8-14(9-7-13)19-11-10-17(5,20)12-19/h6-9,20H,10-12H2,1-5H3. The Labute approximate surface area is 133 Å². The van der Waals surface area contributed by atoms with E-state index in [1.807, 2.05) is 6.92 Å². The Morgan fingerprint density at radius 1 is 1.00 bits per heavy atom. The van der Waals surface area contributed by atoms with Crippen LogP contribution in [-0.4, -0.2) is 42.1 Å². The van der Waals surface area contributed by atoms with Crippen LogP contribution < -0.4 is 10.4 Å². The smallest absolute Gasteiger partial charge is 0.399 e. The van der Waals surface area contributed by atoms with Gasteiger partial charge < -0.3 is 19.3 Å². The maximum absolute atomic E-state index is 10.1. The molecule has 0 saturated carbocycles. The number of rotatable bonds is 2. The lowest BCUT2D eigenvalue weighted by atomic mass is 9.79. The third-order valence-electron chi connectivity index (χ3n) is 5.24. The van der Waals surface area contributed by atoms with Crippen molar-refractivity contribution >= 4 is 18.3 Å². The molecule has 0 radical (unpaired) electrons. The van der Waals surface area contributed by atoms with Crippen LogP contribution >= 0.6 is 0 Å². The molecule has 0 bridgehead atoms. The van der Waals surface area contributed by atoms with Gasteiger partial charge in [-0.1, -0.05) is 12.1 Å². The Hall–Kier alpha value is -1.04.